The molecule has 0 saturated carbocycles. The van der Waals surface area contributed by atoms with E-state index in [1.54, 1.807) is 28.9 Å². The SMILES string of the molecule is O=C(CN(Cc1ccco1)Cc1cccs1)NC(=O)NCCc1cccs1. The molecule has 8 heteroatoms. The summed E-state index contributed by atoms with van der Waals surface area (Å²) in [6.07, 6.45) is 2.36. The van der Waals surface area contributed by atoms with Crippen LogP contribution in [0.15, 0.2) is 57.8 Å². The number of nitrogens with one attached hydrogen (secondary N) is 2. The third-order valence-corrected chi connectivity index (χ3v) is 5.57. The van der Waals surface area contributed by atoms with Crippen LogP contribution in [0.2, 0.25) is 0 Å². The van der Waals surface area contributed by atoms with Crippen molar-refractivity contribution in [3.63, 3.8) is 0 Å². The summed E-state index contributed by atoms with van der Waals surface area (Å²) in [6, 6.07) is 11.2. The molecule has 0 aliphatic rings. The van der Waals surface area contributed by atoms with Gasteiger partial charge in [-0.25, -0.2) is 4.79 Å². The van der Waals surface area contributed by atoms with E-state index in [1.807, 2.05) is 52.1 Å². The molecule has 0 radical (unpaired) electrons. The Morgan fingerprint density at radius 3 is 2.44 bits per heavy atom. The van der Waals surface area contributed by atoms with Gasteiger partial charge < -0.3 is 9.73 Å². The molecule has 0 aliphatic heterocycles. The molecule has 3 aromatic heterocycles. The highest BCUT2D eigenvalue weighted by molar-refractivity contribution is 7.10. The zero-order chi connectivity index (χ0) is 18.9. The fourth-order valence-electron chi connectivity index (χ4n) is 2.58. The van der Waals surface area contributed by atoms with E-state index >= 15 is 0 Å². The minimum absolute atomic E-state index is 0.108. The summed E-state index contributed by atoms with van der Waals surface area (Å²) in [7, 11) is 0. The highest BCUT2D eigenvalue weighted by Gasteiger charge is 2.15. The summed E-state index contributed by atoms with van der Waals surface area (Å²) >= 11 is 3.28. The largest absolute Gasteiger partial charge is 0.468 e. The van der Waals surface area contributed by atoms with Crippen LogP contribution in [0.5, 0.6) is 0 Å². The topological polar surface area (TPSA) is 74.6 Å². The van der Waals surface area contributed by atoms with Crippen LogP contribution in [-0.4, -0.2) is 29.9 Å². The third kappa shape index (κ3) is 6.67. The minimum atomic E-state index is -0.467. The standard InChI is InChI=1S/C19H21N3O3S2/c23-18(21-19(24)20-8-7-16-5-2-10-26-16)14-22(12-15-4-1-9-25-15)13-17-6-3-11-27-17/h1-6,9-11H,7-8,12-14H2,(H2,20,21,23,24). The van der Waals surface area contributed by atoms with Crippen LogP contribution in [0.4, 0.5) is 4.79 Å². The van der Waals surface area contributed by atoms with E-state index in [0.717, 1.165) is 17.1 Å². The predicted octanol–water partition coefficient (Wildman–Crippen LogP) is 3.47. The quantitative estimate of drug-likeness (QED) is 0.574. The first kappa shape index (κ1) is 19.3. The molecule has 0 spiro atoms. The highest BCUT2D eigenvalue weighted by Crippen LogP contribution is 2.14. The molecule has 0 aromatic carbocycles. The van der Waals surface area contributed by atoms with Gasteiger partial charge in [0, 0.05) is 22.8 Å². The Morgan fingerprint density at radius 1 is 1.00 bits per heavy atom. The molecular formula is C19H21N3O3S2. The second-order valence-corrected chi connectivity index (χ2v) is 8.00. The normalized spacial score (nSPS) is 10.9. The Balaban J connectivity index is 1.46. The smallest absolute Gasteiger partial charge is 0.321 e. The average Bonchev–Trinajstić information content (AvgIpc) is 3.38. The van der Waals surface area contributed by atoms with Gasteiger partial charge in [-0.15, -0.1) is 22.7 Å². The van der Waals surface area contributed by atoms with E-state index in [4.69, 9.17) is 4.42 Å². The first-order chi connectivity index (χ1) is 13.2. The van der Waals surface area contributed by atoms with Crippen molar-refractivity contribution in [1.29, 1.82) is 0 Å². The van der Waals surface area contributed by atoms with Crippen LogP contribution in [0.1, 0.15) is 15.5 Å². The fraction of sp³-hybridized carbons (Fsp3) is 0.263. The van der Waals surface area contributed by atoms with E-state index in [2.05, 4.69) is 10.6 Å². The van der Waals surface area contributed by atoms with Crippen LogP contribution in [0.25, 0.3) is 0 Å². The lowest BCUT2D eigenvalue weighted by Crippen LogP contribution is -2.44. The Hall–Kier alpha value is -2.42. The lowest BCUT2D eigenvalue weighted by Gasteiger charge is -2.19. The average molecular weight is 404 g/mol. The van der Waals surface area contributed by atoms with Crippen molar-refractivity contribution in [2.24, 2.45) is 0 Å². The van der Waals surface area contributed by atoms with Gasteiger partial charge in [-0.3, -0.25) is 15.0 Å². The maximum atomic E-state index is 12.3. The molecule has 0 aliphatic carbocycles. The van der Waals surface area contributed by atoms with Gasteiger partial charge in [-0.05, 0) is 41.4 Å². The molecule has 0 fully saturated rings. The molecular weight excluding hydrogens is 382 g/mol. The van der Waals surface area contributed by atoms with Crippen molar-refractivity contribution in [3.05, 3.63) is 68.9 Å². The maximum absolute atomic E-state index is 12.3. The molecule has 3 amide bonds. The summed E-state index contributed by atoms with van der Waals surface area (Å²) in [4.78, 5) is 28.5. The second kappa shape index (κ2) is 10.1. The number of carbonyl (C=O) groups is 2. The zero-order valence-corrected chi connectivity index (χ0v) is 16.4. The van der Waals surface area contributed by atoms with Crippen molar-refractivity contribution in [2.75, 3.05) is 13.1 Å². The number of carbonyl (C=O) groups excluding carboxylic acids is 2. The first-order valence-corrected chi connectivity index (χ1v) is 10.3. The summed E-state index contributed by atoms with van der Waals surface area (Å²) < 4.78 is 5.39. The first-order valence-electron chi connectivity index (χ1n) is 8.56. The van der Waals surface area contributed by atoms with Crippen molar-refractivity contribution in [2.45, 2.75) is 19.5 Å². The molecule has 2 N–H and O–H groups in total. The summed E-state index contributed by atoms with van der Waals surface area (Å²) in [5.74, 6) is 0.437. The Labute approximate surface area is 165 Å². The number of hydrogen-bond donors (Lipinski definition) is 2. The third-order valence-electron chi connectivity index (χ3n) is 3.78. The Bertz CT molecular complexity index is 778. The molecule has 142 valence electrons. The van der Waals surface area contributed by atoms with Crippen molar-refractivity contribution < 1.29 is 14.0 Å². The van der Waals surface area contributed by atoms with Crippen LogP contribution in [0, 0.1) is 0 Å². The number of thiophene rings is 2. The maximum Gasteiger partial charge on any atom is 0.321 e. The lowest BCUT2D eigenvalue weighted by molar-refractivity contribution is -0.121. The van der Waals surface area contributed by atoms with Gasteiger partial charge in [0.2, 0.25) is 5.91 Å². The van der Waals surface area contributed by atoms with Gasteiger partial charge in [0.25, 0.3) is 0 Å². The summed E-state index contributed by atoms with van der Waals surface area (Å²) in [6.45, 7) is 1.71. The van der Waals surface area contributed by atoms with Crippen molar-refractivity contribution in [3.8, 4) is 0 Å². The van der Waals surface area contributed by atoms with E-state index in [9.17, 15) is 9.59 Å². The molecule has 3 rings (SSSR count). The highest BCUT2D eigenvalue weighted by atomic mass is 32.1. The van der Waals surface area contributed by atoms with E-state index in [-0.39, 0.29) is 12.5 Å². The summed E-state index contributed by atoms with van der Waals surface area (Å²) in [5.41, 5.74) is 0. The zero-order valence-electron chi connectivity index (χ0n) is 14.7. The van der Waals surface area contributed by atoms with Crippen molar-refractivity contribution in [1.82, 2.24) is 15.5 Å². The number of imide groups is 1. The monoisotopic (exact) mass is 403 g/mol. The number of rotatable bonds is 9. The molecule has 27 heavy (non-hydrogen) atoms. The molecule has 6 nitrogen and oxygen atoms in total. The fourth-order valence-corrected chi connectivity index (χ4v) is 4.04. The Kier molecular flexibility index (Phi) is 7.20. The van der Waals surface area contributed by atoms with Gasteiger partial charge in [0.15, 0.2) is 0 Å². The molecule has 0 atom stereocenters. The Morgan fingerprint density at radius 2 is 1.78 bits per heavy atom. The number of furan rings is 1. The van der Waals surface area contributed by atoms with Gasteiger partial charge in [-0.1, -0.05) is 12.1 Å². The predicted molar refractivity (Wildman–Crippen MR) is 107 cm³/mol. The van der Waals surface area contributed by atoms with Crippen LogP contribution >= 0.6 is 22.7 Å². The van der Waals surface area contributed by atoms with E-state index in [1.165, 1.54) is 4.88 Å². The van der Waals surface area contributed by atoms with Crippen LogP contribution in [-0.2, 0) is 24.3 Å². The second-order valence-electron chi connectivity index (χ2n) is 5.94. The number of nitrogens with zero attached hydrogens (tertiary/aromatic N) is 1. The van der Waals surface area contributed by atoms with Crippen LogP contribution in [0.3, 0.4) is 0 Å². The van der Waals surface area contributed by atoms with Gasteiger partial charge >= 0.3 is 6.03 Å². The molecule has 3 heterocycles. The lowest BCUT2D eigenvalue weighted by atomic mass is 10.3. The summed E-state index contributed by atoms with van der Waals surface area (Å²) in [5, 5.41) is 9.11. The number of urea groups is 1. The molecule has 3 aromatic rings. The number of amides is 3. The molecule has 0 bridgehead atoms. The minimum Gasteiger partial charge on any atom is -0.468 e. The van der Waals surface area contributed by atoms with E-state index in [0.29, 0.717) is 19.6 Å². The van der Waals surface area contributed by atoms with Gasteiger partial charge in [0.1, 0.15) is 5.76 Å². The molecule has 0 unspecified atom stereocenters. The van der Waals surface area contributed by atoms with Crippen LogP contribution < -0.4 is 10.6 Å². The molecule has 0 saturated heterocycles. The van der Waals surface area contributed by atoms with E-state index < -0.39 is 6.03 Å². The van der Waals surface area contributed by atoms with Gasteiger partial charge in [-0.2, -0.15) is 0 Å². The van der Waals surface area contributed by atoms with Gasteiger partial charge in [0.05, 0.1) is 19.4 Å². The number of hydrogen-bond acceptors (Lipinski definition) is 6. The van der Waals surface area contributed by atoms with Crippen molar-refractivity contribution >= 4 is 34.6 Å².